The molecule has 0 saturated heterocycles. The maximum absolute atomic E-state index is 10.1. The molecule has 9 rings (SSSR count). The van der Waals surface area contributed by atoms with Gasteiger partial charge in [0.25, 0.3) is 0 Å². The third-order valence-corrected chi connectivity index (χ3v) is 10.3. The minimum Gasteiger partial charge on any atom is -0.313 e. The van der Waals surface area contributed by atoms with Crippen molar-refractivity contribution in [2.24, 2.45) is 0 Å². The Bertz CT molecular complexity index is 2480. The molecule has 262 valence electrons. The highest BCUT2D eigenvalue weighted by atomic mass is 15.2. The Morgan fingerprint density at radius 2 is 0.875 bits per heavy atom. The van der Waals surface area contributed by atoms with E-state index >= 15 is 0 Å². The van der Waals surface area contributed by atoms with Gasteiger partial charge in [-0.3, -0.25) is 0 Å². The number of hydrogen-bond acceptors (Lipinski definition) is 4. The summed E-state index contributed by atoms with van der Waals surface area (Å²) in [5.41, 5.74) is 13.2. The summed E-state index contributed by atoms with van der Waals surface area (Å²) in [4.78, 5) is 10.6. The van der Waals surface area contributed by atoms with E-state index in [1.807, 2.05) is 36.4 Å². The van der Waals surface area contributed by atoms with Crippen LogP contribution >= 0.6 is 0 Å². The highest BCUT2D eigenvalue weighted by Crippen LogP contribution is 2.43. The van der Waals surface area contributed by atoms with E-state index in [0.29, 0.717) is 11.3 Å². The maximum atomic E-state index is 10.1. The summed E-state index contributed by atoms with van der Waals surface area (Å²) < 4.78 is 0. The van der Waals surface area contributed by atoms with Crippen molar-refractivity contribution in [3.05, 3.63) is 223 Å². The minimum absolute atomic E-state index is 0.154. The molecule has 8 aromatic rings. The van der Waals surface area contributed by atoms with Gasteiger partial charge in [-0.15, -0.1) is 0 Å². The van der Waals surface area contributed by atoms with Gasteiger partial charge in [-0.05, 0) is 114 Å². The lowest BCUT2D eigenvalue weighted by atomic mass is 9.35. The van der Waals surface area contributed by atoms with E-state index in [1.165, 1.54) is 0 Å². The molecule has 0 amide bonds. The molecule has 1 heterocycles. The second kappa shape index (κ2) is 14.9. The van der Waals surface area contributed by atoms with Gasteiger partial charge in [0.2, 0.25) is 6.71 Å². The molecule has 0 fully saturated rings. The van der Waals surface area contributed by atoms with Gasteiger partial charge in [0, 0.05) is 56.7 Å². The smallest absolute Gasteiger partial charge is 0.246 e. The van der Waals surface area contributed by atoms with Gasteiger partial charge in [0.1, 0.15) is 0 Å². The molecule has 0 radical (unpaired) electrons. The number of benzene rings is 8. The van der Waals surface area contributed by atoms with E-state index in [0.717, 1.165) is 67.6 Å². The summed E-state index contributed by atoms with van der Waals surface area (Å²) in [6.45, 7) is 7.77. The van der Waals surface area contributed by atoms with Gasteiger partial charge < -0.3 is 14.7 Å². The average Bonchev–Trinajstić information content (AvgIpc) is 3.27. The normalized spacial score (nSPS) is 11.5. The van der Waals surface area contributed by atoms with Crippen LogP contribution in [0, 0.1) is 17.9 Å². The van der Waals surface area contributed by atoms with Crippen LogP contribution in [0.2, 0.25) is 0 Å². The Labute approximate surface area is 328 Å². The van der Waals surface area contributed by atoms with Crippen LogP contribution in [0.1, 0.15) is 5.56 Å². The second-order valence-electron chi connectivity index (χ2n) is 13.6. The number of hydrogen-bond donors (Lipinski definition) is 0. The van der Waals surface area contributed by atoms with Crippen LogP contribution in [0.5, 0.6) is 0 Å². The van der Waals surface area contributed by atoms with Crippen LogP contribution in [-0.4, -0.2) is 6.71 Å². The van der Waals surface area contributed by atoms with Crippen LogP contribution < -0.4 is 31.1 Å². The summed E-state index contributed by atoms with van der Waals surface area (Å²) in [5, 5.41) is 10.1. The lowest BCUT2D eigenvalue weighted by molar-refractivity contribution is 1.25. The molecule has 6 heteroatoms. The van der Waals surface area contributed by atoms with E-state index < -0.39 is 0 Å². The van der Waals surface area contributed by atoms with Crippen molar-refractivity contribution in [2.45, 2.75) is 0 Å². The van der Waals surface area contributed by atoms with E-state index in [2.05, 4.69) is 189 Å². The van der Waals surface area contributed by atoms with Crippen molar-refractivity contribution in [1.82, 2.24) is 0 Å². The molecule has 0 atom stereocenters. The third kappa shape index (κ3) is 6.32. The van der Waals surface area contributed by atoms with Gasteiger partial charge >= 0.3 is 0 Å². The summed E-state index contributed by atoms with van der Waals surface area (Å²) >= 11 is 0. The molecule has 0 aliphatic carbocycles. The summed E-state index contributed by atoms with van der Waals surface area (Å²) in [5.74, 6) is 0. The predicted octanol–water partition coefficient (Wildman–Crippen LogP) is 11.3. The predicted molar refractivity (Wildman–Crippen MR) is 233 cm³/mol. The zero-order valence-electron chi connectivity index (χ0n) is 30.4. The van der Waals surface area contributed by atoms with E-state index in [1.54, 1.807) is 6.07 Å². The first-order valence-corrected chi connectivity index (χ1v) is 18.6. The van der Waals surface area contributed by atoms with Crippen molar-refractivity contribution in [2.75, 3.05) is 14.7 Å². The van der Waals surface area contributed by atoms with Crippen LogP contribution in [0.25, 0.3) is 4.85 Å². The van der Waals surface area contributed by atoms with Gasteiger partial charge in [-0.2, -0.15) is 5.26 Å². The number of fused-ring (bicyclic) bond motifs is 2. The molecule has 0 spiro atoms. The van der Waals surface area contributed by atoms with E-state index in [4.69, 9.17) is 6.57 Å². The molecule has 8 aromatic carbocycles. The van der Waals surface area contributed by atoms with Gasteiger partial charge in [0.15, 0.2) is 5.69 Å². The van der Waals surface area contributed by atoms with E-state index in [-0.39, 0.29) is 6.71 Å². The highest BCUT2D eigenvalue weighted by Gasteiger charge is 2.37. The molecule has 5 nitrogen and oxygen atoms in total. The van der Waals surface area contributed by atoms with Crippen molar-refractivity contribution >= 4 is 80.0 Å². The van der Waals surface area contributed by atoms with Crippen LogP contribution in [0.3, 0.4) is 0 Å². The fourth-order valence-electron chi connectivity index (χ4n) is 7.87. The lowest BCUT2D eigenvalue weighted by Crippen LogP contribution is -2.57. The summed E-state index contributed by atoms with van der Waals surface area (Å²) in [7, 11) is 0. The molecular formula is C50H34BN5. The molecule has 0 aromatic heterocycles. The zero-order valence-corrected chi connectivity index (χ0v) is 30.4. The topological polar surface area (TPSA) is 37.9 Å². The van der Waals surface area contributed by atoms with Gasteiger partial charge in [-0.25, -0.2) is 4.85 Å². The Morgan fingerprint density at radius 1 is 0.464 bits per heavy atom. The number of rotatable bonds is 8. The molecule has 0 N–H and O–H groups in total. The quantitative estimate of drug-likeness (QED) is 0.116. The number of nitrogens with zero attached hydrogens (tertiary/aromatic N) is 5. The minimum atomic E-state index is -0.154. The molecule has 1 aliphatic rings. The summed E-state index contributed by atoms with van der Waals surface area (Å²) in [6.07, 6.45) is 0. The molecule has 0 bridgehead atoms. The third-order valence-electron chi connectivity index (χ3n) is 10.3. The SMILES string of the molecule is [C-]#[N+]c1cc(C#N)cc(N2c3ccc(N(c4ccccc4)c4ccccc4)cc3B(c3ccccc3)c3cc(N(c4ccccc4)c4ccccc4)ccc32)c1. The Morgan fingerprint density at radius 3 is 1.27 bits per heavy atom. The molecule has 0 unspecified atom stereocenters. The first kappa shape index (κ1) is 34.0. The van der Waals surface area contributed by atoms with E-state index in [9.17, 15) is 5.26 Å². The Kier molecular flexibility index (Phi) is 9.06. The fraction of sp³-hybridized carbons (Fsp3) is 0. The van der Waals surface area contributed by atoms with Gasteiger partial charge in [0.05, 0.1) is 12.6 Å². The largest absolute Gasteiger partial charge is 0.313 e. The van der Waals surface area contributed by atoms with Gasteiger partial charge in [-0.1, -0.05) is 109 Å². The molecule has 1 aliphatic heterocycles. The molecule has 0 saturated carbocycles. The first-order chi connectivity index (χ1) is 27.7. The van der Waals surface area contributed by atoms with Crippen molar-refractivity contribution in [1.29, 1.82) is 5.26 Å². The number of para-hydroxylation sites is 4. The van der Waals surface area contributed by atoms with Crippen LogP contribution in [-0.2, 0) is 0 Å². The molecule has 56 heavy (non-hydrogen) atoms. The second-order valence-corrected chi connectivity index (χ2v) is 13.6. The standard InChI is InChI=1S/C50H34BN5/c1-53-39-31-37(36-52)32-46(33-39)56-49-29-27-44(54(40-19-9-3-10-20-40)41-21-11-4-12-22-41)34-47(49)51(38-17-7-2-8-18-38)48-35-45(28-30-50(48)56)55(42-23-13-5-14-24-42)43-25-15-6-16-26-43/h2-35H. The lowest BCUT2D eigenvalue weighted by Gasteiger charge is -2.39. The van der Waals surface area contributed by atoms with Crippen LogP contribution in [0.4, 0.5) is 56.9 Å². The highest BCUT2D eigenvalue weighted by molar-refractivity contribution is 6.98. The fourth-order valence-corrected chi connectivity index (χ4v) is 7.87. The number of nitriles is 1. The monoisotopic (exact) mass is 715 g/mol. The Balaban J connectivity index is 1.33. The van der Waals surface area contributed by atoms with Crippen molar-refractivity contribution in [3.63, 3.8) is 0 Å². The molecular weight excluding hydrogens is 681 g/mol. The average molecular weight is 716 g/mol. The first-order valence-electron chi connectivity index (χ1n) is 18.6. The summed E-state index contributed by atoms with van der Waals surface area (Å²) in [6, 6.07) is 73.5. The maximum Gasteiger partial charge on any atom is 0.246 e. The van der Waals surface area contributed by atoms with Crippen molar-refractivity contribution in [3.8, 4) is 6.07 Å². The van der Waals surface area contributed by atoms with Crippen molar-refractivity contribution < 1.29 is 0 Å². The van der Waals surface area contributed by atoms with Crippen LogP contribution in [0.15, 0.2) is 206 Å². The number of anilines is 9. The zero-order chi connectivity index (χ0) is 37.8. The Hall–Kier alpha value is -7.80.